The van der Waals surface area contributed by atoms with Crippen molar-refractivity contribution in [2.45, 2.75) is 32.4 Å². The van der Waals surface area contributed by atoms with Crippen LogP contribution in [0.5, 0.6) is 0 Å². The van der Waals surface area contributed by atoms with Gasteiger partial charge in [0.15, 0.2) is 0 Å². The second-order valence-corrected chi connectivity index (χ2v) is 3.10. The number of nitrogens with two attached hydrogens (primary N) is 1. The molecule has 1 amide bonds. The number of carbonyl (C=O) groups is 1. The van der Waals surface area contributed by atoms with Crippen molar-refractivity contribution in [3.8, 4) is 0 Å². The number of nitrogens with one attached hydrogen (secondary N) is 1. The van der Waals surface area contributed by atoms with Gasteiger partial charge in [-0.05, 0) is 6.42 Å². The second kappa shape index (κ2) is 5.39. The lowest BCUT2D eigenvalue weighted by Crippen LogP contribution is -2.40. The van der Waals surface area contributed by atoms with Crippen LogP contribution in [0.3, 0.4) is 0 Å². The highest BCUT2D eigenvalue weighted by Crippen LogP contribution is 1.96. The molecule has 0 saturated heterocycles. The summed E-state index contributed by atoms with van der Waals surface area (Å²) >= 11 is 0. The van der Waals surface area contributed by atoms with E-state index >= 15 is 0 Å². The highest BCUT2D eigenvalue weighted by Gasteiger charge is 2.11. The minimum Gasteiger partial charge on any atom is -0.364 e. The first-order valence-corrected chi connectivity index (χ1v) is 4.66. The molecular weight excluding hydrogens is 182 g/mol. The first-order valence-electron chi connectivity index (χ1n) is 4.66. The molecule has 0 aromatic carbocycles. The van der Waals surface area contributed by atoms with Crippen LogP contribution in [0.4, 0.5) is 0 Å². The average Bonchev–Trinajstić information content (AvgIpc) is 2.67. The van der Waals surface area contributed by atoms with Crippen LogP contribution in [0.2, 0.25) is 0 Å². The highest BCUT2D eigenvalue weighted by atomic mass is 16.5. The minimum atomic E-state index is -0.424. The second-order valence-electron chi connectivity index (χ2n) is 3.10. The van der Waals surface area contributed by atoms with Gasteiger partial charge >= 0.3 is 0 Å². The van der Waals surface area contributed by atoms with Crippen molar-refractivity contribution < 1.29 is 9.32 Å². The van der Waals surface area contributed by atoms with Crippen LogP contribution in [0.1, 0.15) is 25.5 Å². The predicted octanol–water partition coefficient (Wildman–Crippen LogP) is 0.418. The van der Waals surface area contributed by atoms with Crippen molar-refractivity contribution in [1.82, 2.24) is 10.5 Å². The van der Waals surface area contributed by atoms with Crippen molar-refractivity contribution in [1.29, 1.82) is 0 Å². The molecule has 0 unspecified atom stereocenters. The molecule has 0 aliphatic rings. The summed E-state index contributed by atoms with van der Waals surface area (Å²) in [5.41, 5.74) is 6.31. The Labute approximate surface area is 82.6 Å². The molecule has 0 radical (unpaired) electrons. The molecule has 1 atom stereocenters. The minimum absolute atomic E-state index is 0.144. The molecule has 1 rings (SSSR count). The predicted molar refractivity (Wildman–Crippen MR) is 51.2 cm³/mol. The van der Waals surface area contributed by atoms with Crippen LogP contribution in [0.25, 0.3) is 0 Å². The Morgan fingerprint density at radius 1 is 1.79 bits per heavy atom. The van der Waals surface area contributed by atoms with E-state index in [1.54, 1.807) is 6.07 Å². The molecule has 1 heterocycles. The van der Waals surface area contributed by atoms with E-state index in [4.69, 9.17) is 5.73 Å². The maximum absolute atomic E-state index is 11.3. The Morgan fingerprint density at radius 3 is 3.14 bits per heavy atom. The summed E-state index contributed by atoms with van der Waals surface area (Å²) in [5, 5.41) is 6.35. The van der Waals surface area contributed by atoms with Crippen molar-refractivity contribution in [2.24, 2.45) is 5.73 Å². The van der Waals surface area contributed by atoms with Gasteiger partial charge in [0.25, 0.3) is 0 Å². The Balaban J connectivity index is 2.27. The summed E-state index contributed by atoms with van der Waals surface area (Å²) in [4.78, 5) is 11.3. The topological polar surface area (TPSA) is 81.2 Å². The zero-order valence-corrected chi connectivity index (χ0v) is 8.19. The van der Waals surface area contributed by atoms with E-state index in [1.165, 1.54) is 6.26 Å². The third-order valence-corrected chi connectivity index (χ3v) is 1.87. The fraction of sp³-hybridized carbons (Fsp3) is 0.556. The molecule has 78 valence electrons. The molecule has 14 heavy (non-hydrogen) atoms. The van der Waals surface area contributed by atoms with Gasteiger partial charge in [0, 0.05) is 6.07 Å². The molecule has 3 N–H and O–H groups in total. The molecule has 0 aliphatic carbocycles. The van der Waals surface area contributed by atoms with Crippen LogP contribution in [-0.2, 0) is 11.3 Å². The first-order chi connectivity index (χ1) is 6.74. The van der Waals surface area contributed by atoms with Gasteiger partial charge in [-0.1, -0.05) is 18.5 Å². The zero-order chi connectivity index (χ0) is 10.4. The lowest BCUT2D eigenvalue weighted by Gasteiger charge is -2.09. The zero-order valence-electron chi connectivity index (χ0n) is 8.19. The van der Waals surface area contributed by atoms with Gasteiger partial charge in [-0.3, -0.25) is 4.79 Å². The average molecular weight is 197 g/mol. The monoisotopic (exact) mass is 197 g/mol. The van der Waals surface area contributed by atoms with Gasteiger partial charge in [0.1, 0.15) is 12.0 Å². The van der Waals surface area contributed by atoms with E-state index in [0.717, 1.165) is 6.42 Å². The van der Waals surface area contributed by atoms with E-state index in [9.17, 15) is 4.79 Å². The molecule has 5 nitrogen and oxygen atoms in total. The van der Waals surface area contributed by atoms with Gasteiger partial charge in [0.2, 0.25) is 5.91 Å². The van der Waals surface area contributed by atoms with Crippen LogP contribution in [0.15, 0.2) is 16.9 Å². The van der Waals surface area contributed by atoms with Crippen molar-refractivity contribution in [2.75, 3.05) is 0 Å². The Morgan fingerprint density at radius 2 is 2.57 bits per heavy atom. The fourth-order valence-corrected chi connectivity index (χ4v) is 1.08. The molecule has 0 bridgehead atoms. The van der Waals surface area contributed by atoms with E-state index in [2.05, 4.69) is 15.0 Å². The molecule has 0 aliphatic heterocycles. The summed E-state index contributed by atoms with van der Waals surface area (Å²) in [6.45, 7) is 2.36. The van der Waals surface area contributed by atoms with E-state index < -0.39 is 6.04 Å². The maximum atomic E-state index is 11.3. The fourth-order valence-electron chi connectivity index (χ4n) is 1.08. The summed E-state index contributed by atoms with van der Waals surface area (Å²) in [6.07, 6.45) is 3.07. The number of nitrogens with zero attached hydrogens (tertiary/aromatic N) is 1. The number of amides is 1. The third kappa shape index (κ3) is 3.18. The van der Waals surface area contributed by atoms with Crippen molar-refractivity contribution >= 4 is 5.91 Å². The quantitative estimate of drug-likeness (QED) is 0.716. The van der Waals surface area contributed by atoms with Crippen molar-refractivity contribution in [3.05, 3.63) is 18.0 Å². The number of hydrogen-bond donors (Lipinski definition) is 2. The lowest BCUT2D eigenvalue weighted by atomic mass is 10.2. The van der Waals surface area contributed by atoms with Gasteiger partial charge in [-0.2, -0.15) is 0 Å². The van der Waals surface area contributed by atoms with Gasteiger partial charge in [-0.15, -0.1) is 0 Å². The molecule has 1 aromatic rings. The van der Waals surface area contributed by atoms with Crippen LogP contribution >= 0.6 is 0 Å². The first kappa shape index (κ1) is 10.7. The van der Waals surface area contributed by atoms with Crippen LogP contribution < -0.4 is 11.1 Å². The molecule has 5 heteroatoms. The third-order valence-electron chi connectivity index (χ3n) is 1.87. The summed E-state index contributed by atoms with van der Waals surface area (Å²) in [5.74, 6) is -0.144. The largest absolute Gasteiger partial charge is 0.364 e. The molecular formula is C9H15N3O2. The number of aromatic nitrogens is 1. The van der Waals surface area contributed by atoms with Crippen LogP contribution in [-0.4, -0.2) is 17.1 Å². The SMILES string of the molecule is CCC[C@@H](N)C(=O)NCc1ccon1. The smallest absolute Gasteiger partial charge is 0.237 e. The standard InChI is InChI=1S/C9H15N3O2/c1-2-3-8(10)9(13)11-6-7-4-5-14-12-7/h4-5,8H,2-3,6,10H2,1H3,(H,11,13)/t8-/m1/s1. The molecule has 1 aromatic heterocycles. The van der Waals surface area contributed by atoms with Gasteiger partial charge in [-0.25, -0.2) is 0 Å². The molecule has 0 spiro atoms. The molecule has 0 saturated carbocycles. The molecule has 0 fully saturated rings. The summed E-state index contributed by atoms with van der Waals surface area (Å²) < 4.78 is 4.62. The normalized spacial score (nSPS) is 12.4. The maximum Gasteiger partial charge on any atom is 0.237 e. The Hall–Kier alpha value is -1.36. The Kier molecular flexibility index (Phi) is 4.12. The van der Waals surface area contributed by atoms with E-state index in [0.29, 0.717) is 18.7 Å². The highest BCUT2D eigenvalue weighted by molar-refractivity contribution is 5.81. The Bertz CT molecular complexity index is 272. The van der Waals surface area contributed by atoms with Gasteiger partial charge < -0.3 is 15.6 Å². The van der Waals surface area contributed by atoms with Crippen molar-refractivity contribution in [3.63, 3.8) is 0 Å². The van der Waals surface area contributed by atoms with Gasteiger partial charge in [0.05, 0.1) is 12.6 Å². The van der Waals surface area contributed by atoms with E-state index in [-0.39, 0.29) is 5.91 Å². The van der Waals surface area contributed by atoms with Crippen LogP contribution in [0, 0.1) is 0 Å². The lowest BCUT2D eigenvalue weighted by molar-refractivity contribution is -0.122. The summed E-state index contributed by atoms with van der Waals surface area (Å²) in [6, 6.07) is 1.28. The number of carbonyl (C=O) groups excluding carboxylic acids is 1. The number of hydrogen-bond acceptors (Lipinski definition) is 4. The number of rotatable bonds is 5. The van der Waals surface area contributed by atoms with E-state index in [1.807, 2.05) is 6.92 Å². The summed E-state index contributed by atoms with van der Waals surface area (Å²) in [7, 11) is 0.